The van der Waals surface area contributed by atoms with Crippen molar-refractivity contribution < 1.29 is 37.1 Å². The van der Waals surface area contributed by atoms with Gasteiger partial charge in [-0.15, -0.1) is 0 Å². The maximum absolute atomic E-state index is 14.1. The minimum atomic E-state index is -2.94. The Morgan fingerprint density at radius 3 is 2.53 bits per heavy atom. The number of unbranched alkanes of at least 4 members (excludes halogenated alkanes) is 2. The fraction of sp³-hybridized carbons (Fsp3) is 0.378. The summed E-state index contributed by atoms with van der Waals surface area (Å²) < 4.78 is 43.3. The van der Waals surface area contributed by atoms with Crippen molar-refractivity contribution in [3.05, 3.63) is 112 Å². The number of pyridine rings is 1. The summed E-state index contributed by atoms with van der Waals surface area (Å²) in [5.74, 6) is -0.880. The number of anilines is 1. The van der Waals surface area contributed by atoms with Crippen molar-refractivity contribution in [1.29, 1.82) is 0 Å². The van der Waals surface area contributed by atoms with Gasteiger partial charge in [-0.05, 0) is 105 Å². The number of imidazole rings is 1. The number of nitrogens with one attached hydrogen (secondary N) is 2. The first-order valence-electron chi connectivity index (χ1n) is 20.9. The molecule has 2 N–H and O–H groups in total. The van der Waals surface area contributed by atoms with Gasteiger partial charge in [0.2, 0.25) is 17.7 Å². The fourth-order valence-corrected chi connectivity index (χ4v) is 7.70. The van der Waals surface area contributed by atoms with Crippen molar-refractivity contribution in [3.63, 3.8) is 0 Å². The molecule has 3 amide bonds. The number of hydrogen-bond donors (Lipinski definition) is 2. The van der Waals surface area contributed by atoms with Crippen LogP contribution in [0.2, 0.25) is 0 Å². The number of aromatic nitrogens is 6. The van der Waals surface area contributed by atoms with Crippen LogP contribution in [0.5, 0.6) is 0 Å². The Morgan fingerprint density at radius 1 is 0.952 bits per heavy atom. The molecule has 1 aliphatic heterocycles. The van der Waals surface area contributed by atoms with Crippen LogP contribution in [0.1, 0.15) is 103 Å². The number of aryl methyl sites for hydroxylation is 4. The van der Waals surface area contributed by atoms with E-state index in [1.165, 1.54) is 39.1 Å². The lowest BCUT2D eigenvalue weighted by Gasteiger charge is -2.21. The predicted molar refractivity (Wildman–Crippen MR) is 223 cm³/mol. The highest BCUT2D eigenvalue weighted by Gasteiger charge is 2.31. The number of hydrogen-bond acceptors (Lipinski definition) is 10. The highest BCUT2D eigenvalue weighted by Crippen LogP contribution is 2.34. The quantitative estimate of drug-likeness (QED) is 0.0520. The van der Waals surface area contributed by atoms with Gasteiger partial charge in [0.15, 0.2) is 11.4 Å². The van der Waals surface area contributed by atoms with Crippen molar-refractivity contribution in [3.8, 4) is 17.1 Å². The van der Waals surface area contributed by atoms with E-state index in [0.717, 1.165) is 54.8 Å². The summed E-state index contributed by atoms with van der Waals surface area (Å²) in [6.07, 6.45) is 9.82. The van der Waals surface area contributed by atoms with Crippen molar-refractivity contribution in [2.24, 2.45) is 13.0 Å². The fourth-order valence-electron chi connectivity index (χ4n) is 7.70. The van der Waals surface area contributed by atoms with Crippen molar-refractivity contribution in [2.75, 3.05) is 11.9 Å². The smallest absolute Gasteiger partial charge is 0.329 e. The molecule has 17 heteroatoms. The molecule has 0 spiro atoms. The molecule has 1 saturated heterocycles. The van der Waals surface area contributed by atoms with E-state index in [2.05, 4.69) is 25.7 Å². The minimum Gasteiger partial charge on any atom is -0.466 e. The number of carbonyl (C=O) groups excluding carboxylic acids is 4. The predicted octanol–water partition coefficient (Wildman–Crippen LogP) is 6.97. The Morgan fingerprint density at radius 2 is 1.76 bits per heavy atom. The number of benzene rings is 2. The standard InChI is InChI=1S/C45H46F2N8O7/c1-53-37-23-29(11-16-35(37)55(45(53)60)36-17-18-38(56)51-43(36)59)12-19-39(57)61-22-4-2-3-5-27-9-14-32(15-10-27)54-25-33(40(52-54)41(46)47)49-42(58)34-26-62-44(50-34)30-20-21-48-31(24-30)13-8-28-6-7-28/h9-11,14-16,20-21,23-26,28,36,41H,2-8,12-13,17-19,22H2,1H3,(H,49,58)(H,51,56,59). The van der Waals surface area contributed by atoms with Gasteiger partial charge in [-0.3, -0.25) is 38.6 Å². The number of piperidine rings is 1. The molecular formula is C45H46F2N8O7. The number of carbonyl (C=O) groups is 4. The van der Waals surface area contributed by atoms with Crippen LogP contribution in [-0.4, -0.2) is 59.2 Å². The molecule has 4 aromatic heterocycles. The number of amides is 3. The summed E-state index contributed by atoms with van der Waals surface area (Å²) >= 11 is 0. The van der Waals surface area contributed by atoms with Gasteiger partial charge in [0, 0.05) is 37.3 Å². The van der Waals surface area contributed by atoms with Gasteiger partial charge in [0.05, 0.1) is 35.2 Å². The lowest BCUT2D eigenvalue weighted by atomic mass is 10.1. The highest BCUT2D eigenvalue weighted by molar-refractivity contribution is 6.03. The van der Waals surface area contributed by atoms with E-state index in [0.29, 0.717) is 35.1 Å². The van der Waals surface area contributed by atoms with Crippen LogP contribution in [0.25, 0.3) is 28.2 Å². The molecule has 62 heavy (non-hydrogen) atoms. The number of ether oxygens (including phenoxy) is 1. The van der Waals surface area contributed by atoms with E-state index in [1.807, 2.05) is 30.3 Å². The Hall–Kier alpha value is -6.78. The summed E-state index contributed by atoms with van der Waals surface area (Å²) in [5, 5.41) is 8.88. The zero-order chi connectivity index (χ0) is 43.3. The molecular weight excluding hydrogens is 803 g/mol. The average molecular weight is 849 g/mol. The van der Waals surface area contributed by atoms with E-state index in [4.69, 9.17) is 9.15 Å². The number of oxazole rings is 1. The van der Waals surface area contributed by atoms with Crippen molar-refractivity contribution >= 4 is 40.4 Å². The van der Waals surface area contributed by atoms with E-state index in [-0.39, 0.29) is 60.7 Å². The third-order valence-corrected chi connectivity index (χ3v) is 11.4. The second kappa shape index (κ2) is 18.5. The van der Waals surface area contributed by atoms with Crippen LogP contribution in [0, 0.1) is 5.92 Å². The first-order chi connectivity index (χ1) is 30.0. The van der Waals surface area contributed by atoms with Crippen LogP contribution in [0.15, 0.2) is 82.5 Å². The normalized spacial score (nSPS) is 15.3. The van der Waals surface area contributed by atoms with Crippen molar-refractivity contribution in [1.82, 2.24) is 34.2 Å². The molecule has 1 atom stereocenters. The Labute approximate surface area is 354 Å². The molecule has 1 saturated carbocycles. The molecule has 2 aromatic carbocycles. The van der Waals surface area contributed by atoms with Crippen molar-refractivity contribution in [2.45, 2.75) is 89.5 Å². The molecule has 8 rings (SSSR count). The third kappa shape index (κ3) is 9.72. The largest absolute Gasteiger partial charge is 0.466 e. The van der Waals surface area contributed by atoms with E-state index < -0.39 is 30.0 Å². The topological polar surface area (TPSA) is 185 Å². The molecule has 2 aliphatic rings. The number of esters is 1. The van der Waals surface area contributed by atoms with E-state index >= 15 is 0 Å². The summed E-state index contributed by atoms with van der Waals surface area (Å²) in [5.41, 5.74) is 4.10. The maximum atomic E-state index is 14.1. The Kier molecular flexibility index (Phi) is 12.5. The number of rotatable bonds is 18. The average Bonchev–Trinajstić information content (AvgIpc) is 3.68. The van der Waals surface area contributed by atoms with Gasteiger partial charge in [0.1, 0.15) is 12.3 Å². The SMILES string of the molecule is Cn1c(=O)n(C2CCC(=O)NC2=O)c2ccc(CCC(=O)OCCCCCc3ccc(-n4cc(NC(=O)c5coc(-c6ccnc(CCC7CC7)c6)n5)c(C(F)F)n4)cc3)cc21. The second-order valence-corrected chi connectivity index (χ2v) is 15.9. The number of halogens is 2. The second-order valence-electron chi connectivity index (χ2n) is 15.9. The lowest BCUT2D eigenvalue weighted by molar-refractivity contribution is -0.143. The highest BCUT2D eigenvalue weighted by atomic mass is 19.3. The first kappa shape index (κ1) is 41.9. The molecule has 5 heterocycles. The maximum Gasteiger partial charge on any atom is 0.329 e. The van der Waals surface area contributed by atoms with E-state index in [1.54, 1.807) is 37.5 Å². The van der Waals surface area contributed by atoms with Gasteiger partial charge in [-0.25, -0.2) is 23.2 Å². The summed E-state index contributed by atoms with van der Waals surface area (Å²) in [4.78, 5) is 71.4. The molecule has 322 valence electrons. The number of nitrogens with zero attached hydrogens (tertiary/aromatic N) is 6. The monoisotopic (exact) mass is 848 g/mol. The van der Waals surface area contributed by atoms with Crippen LogP contribution >= 0.6 is 0 Å². The first-order valence-corrected chi connectivity index (χ1v) is 20.9. The molecule has 6 aromatic rings. The number of imide groups is 1. The van der Waals surface area contributed by atoms with Gasteiger partial charge < -0.3 is 14.5 Å². The Bertz CT molecular complexity index is 2680. The van der Waals surface area contributed by atoms with Gasteiger partial charge in [-0.2, -0.15) is 5.10 Å². The summed E-state index contributed by atoms with van der Waals surface area (Å²) in [7, 11) is 1.62. The number of fused-ring (bicyclic) bond motifs is 1. The van der Waals surface area contributed by atoms with Gasteiger partial charge >= 0.3 is 11.7 Å². The molecule has 15 nitrogen and oxygen atoms in total. The summed E-state index contributed by atoms with van der Waals surface area (Å²) in [6, 6.07) is 15.6. The summed E-state index contributed by atoms with van der Waals surface area (Å²) in [6.45, 7) is 0.286. The molecule has 1 unspecified atom stereocenters. The zero-order valence-corrected chi connectivity index (χ0v) is 34.1. The lowest BCUT2D eigenvalue weighted by Crippen LogP contribution is -2.44. The van der Waals surface area contributed by atoms with E-state index in [9.17, 15) is 32.8 Å². The number of alkyl halides is 2. The Balaban J connectivity index is 0.772. The van der Waals surface area contributed by atoms with Crippen LogP contribution < -0.4 is 16.3 Å². The zero-order valence-electron chi connectivity index (χ0n) is 34.1. The molecule has 1 aliphatic carbocycles. The van der Waals surface area contributed by atoms with Crippen LogP contribution in [0.4, 0.5) is 14.5 Å². The van der Waals surface area contributed by atoms with Crippen LogP contribution in [-0.2, 0) is 45.4 Å². The third-order valence-electron chi connectivity index (χ3n) is 11.4. The molecule has 2 fully saturated rings. The molecule has 0 radical (unpaired) electrons. The van der Waals surface area contributed by atoms with Crippen LogP contribution in [0.3, 0.4) is 0 Å². The van der Waals surface area contributed by atoms with Gasteiger partial charge in [0.25, 0.3) is 12.3 Å². The minimum absolute atomic E-state index is 0.0599. The van der Waals surface area contributed by atoms with Gasteiger partial charge in [-0.1, -0.05) is 31.0 Å². The molecule has 0 bridgehead atoms.